The van der Waals surface area contributed by atoms with E-state index in [4.69, 9.17) is 0 Å². The van der Waals surface area contributed by atoms with Crippen molar-refractivity contribution < 1.29 is 31.1 Å². The SMILES string of the molecule is Cc1c(SC(F)(F)[C@](F)(Cl)OC(F)(F)F)c(=O)n(-c2ccccc2)n1C. The van der Waals surface area contributed by atoms with Gasteiger partial charge in [0.25, 0.3) is 5.56 Å². The van der Waals surface area contributed by atoms with Crippen LogP contribution >= 0.6 is 23.4 Å². The van der Waals surface area contributed by atoms with E-state index in [1.54, 1.807) is 18.2 Å². The molecule has 0 N–H and O–H groups in total. The number of rotatable bonds is 5. The van der Waals surface area contributed by atoms with Crippen LogP contribution in [0.4, 0.5) is 26.3 Å². The first-order valence-corrected chi connectivity index (χ1v) is 8.02. The molecule has 0 radical (unpaired) electrons. The molecule has 0 saturated carbocycles. The van der Waals surface area contributed by atoms with Crippen molar-refractivity contribution in [3.05, 3.63) is 46.4 Å². The first kappa shape index (κ1) is 20.7. The third kappa shape index (κ3) is 4.04. The highest BCUT2D eigenvalue weighted by Gasteiger charge is 2.62. The molecule has 12 heteroatoms. The fraction of sp³-hybridized carbons (Fsp3) is 0.357. The minimum Gasteiger partial charge on any atom is -0.284 e. The van der Waals surface area contributed by atoms with Gasteiger partial charge >= 0.3 is 16.9 Å². The first-order chi connectivity index (χ1) is 11.8. The predicted octanol–water partition coefficient (Wildman–Crippen LogP) is 4.57. The summed E-state index contributed by atoms with van der Waals surface area (Å²) in [5.74, 6) is 0. The lowest BCUT2D eigenvalue weighted by Gasteiger charge is -2.27. The van der Waals surface area contributed by atoms with Crippen molar-refractivity contribution in [1.29, 1.82) is 0 Å². The minimum absolute atomic E-state index is 0.0250. The van der Waals surface area contributed by atoms with Crippen molar-refractivity contribution in [1.82, 2.24) is 9.36 Å². The lowest BCUT2D eigenvalue weighted by molar-refractivity contribution is -0.391. The molecule has 2 rings (SSSR count). The smallest absolute Gasteiger partial charge is 0.284 e. The molecule has 0 saturated heterocycles. The van der Waals surface area contributed by atoms with Gasteiger partial charge in [0.2, 0.25) is 0 Å². The highest BCUT2D eigenvalue weighted by atomic mass is 35.5. The Morgan fingerprint density at radius 1 is 1.08 bits per heavy atom. The van der Waals surface area contributed by atoms with E-state index in [-0.39, 0.29) is 5.69 Å². The van der Waals surface area contributed by atoms with Gasteiger partial charge in [-0.25, -0.2) is 9.42 Å². The summed E-state index contributed by atoms with van der Waals surface area (Å²) in [6.45, 7) is 1.28. The average molecular weight is 421 g/mol. The number of hydrogen-bond acceptors (Lipinski definition) is 3. The van der Waals surface area contributed by atoms with Crippen molar-refractivity contribution in [2.75, 3.05) is 0 Å². The summed E-state index contributed by atoms with van der Waals surface area (Å²) in [5, 5.41) is -9.81. The molecule has 0 aliphatic carbocycles. The summed E-state index contributed by atoms with van der Waals surface area (Å²) in [4.78, 5) is 11.8. The average Bonchev–Trinajstić information content (AvgIpc) is 2.69. The molecule has 4 nitrogen and oxygen atoms in total. The first-order valence-electron chi connectivity index (χ1n) is 6.82. The van der Waals surface area contributed by atoms with E-state index in [2.05, 4.69) is 16.3 Å². The van der Waals surface area contributed by atoms with Crippen LogP contribution in [0, 0.1) is 6.92 Å². The third-order valence-electron chi connectivity index (χ3n) is 3.31. The second kappa shape index (κ2) is 6.86. The topological polar surface area (TPSA) is 36.2 Å². The van der Waals surface area contributed by atoms with Gasteiger partial charge in [-0.2, -0.15) is 13.2 Å². The molecule has 0 bridgehead atoms. The molecule has 1 heterocycles. The Hall–Kier alpha value is -1.59. The molecular weight excluding hydrogens is 410 g/mol. The fourth-order valence-electron chi connectivity index (χ4n) is 2.05. The fourth-order valence-corrected chi connectivity index (χ4v) is 3.13. The van der Waals surface area contributed by atoms with Gasteiger partial charge in [0.15, 0.2) is 0 Å². The maximum Gasteiger partial charge on any atom is 0.526 e. The van der Waals surface area contributed by atoms with Gasteiger partial charge in [-0.05, 0) is 42.4 Å². The Bertz CT molecular complexity index is 848. The number of thioether (sulfide) groups is 1. The molecule has 1 aromatic carbocycles. The van der Waals surface area contributed by atoms with E-state index in [1.807, 2.05) is 0 Å². The summed E-state index contributed by atoms with van der Waals surface area (Å²) in [6.07, 6.45) is -5.74. The zero-order valence-electron chi connectivity index (χ0n) is 13.2. The largest absolute Gasteiger partial charge is 0.526 e. The number of halogens is 7. The molecular formula is C14H11ClF6N2O2S. The number of alkyl halides is 7. The molecule has 0 spiro atoms. The van der Waals surface area contributed by atoms with Gasteiger partial charge in [-0.1, -0.05) is 18.2 Å². The van der Waals surface area contributed by atoms with E-state index in [1.165, 1.54) is 30.8 Å². The van der Waals surface area contributed by atoms with Crippen molar-refractivity contribution in [2.45, 2.75) is 28.8 Å². The minimum atomic E-state index is -5.74. The van der Waals surface area contributed by atoms with Crippen LogP contribution in [-0.2, 0) is 11.8 Å². The maximum absolute atomic E-state index is 14.0. The molecule has 0 aliphatic rings. The summed E-state index contributed by atoms with van der Waals surface area (Å²) in [7, 11) is 1.38. The van der Waals surface area contributed by atoms with Crippen molar-refractivity contribution in [3.63, 3.8) is 0 Å². The lowest BCUT2D eigenvalue weighted by atomic mass is 10.3. The van der Waals surface area contributed by atoms with Crippen molar-refractivity contribution >= 4 is 23.4 Å². The van der Waals surface area contributed by atoms with E-state index in [0.29, 0.717) is 5.69 Å². The Morgan fingerprint density at radius 3 is 2.12 bits per heavy atom. The maximum atomic E-state index is 14.0. The van der Waals surface area contributed by atoms with Crippen LogP contribution in [0.1, 0.15) is 5.69 Å². The van der Waals surface area contributed by atoms with Crippen LogP contribution in [-0.4, -0.2) is 26.3 Å². The normalized spacial score (nSPS) is 15.1. The Morgan fingerprint density at radius 2 is 1.62 bits per heavy atom. The summed E-state index contributed by atoms with van der Waals surface area (Å²) in [6, 6.07) is 7.87. The van der Waals surface area contributed by atoms with Gasteiger partial charge in [-0.15, -0.1) is 13.2 Å². The molecule has 2 aromatic rings. The second-order valence-corrected chi connectivity index (χ2v) is 6.69. The Balaban J connectivity index is 2.46. The van der Waals surface area contributed by atoms with Gasteiger partial charge in [0.05, 0.1) is 11.4 Å². The van der Waals surface area contributed by atoms with Crippen molar-refractivity contribution in [2.24, 2.45) is 7.05 Å². The molecule has 1 aromatic heterocycles. The number of benzene rings is 1. The molecule has 1 atom stereocenters. The number of aromatic nitrogens is 2. The number of nitrogens with zero attached hydrogens (tertiary/aromatic N) is 2. The lowest BCUT2D eigenvalue weighted by Crippen LogP contribution is -2.43. The van der Waals surface area contributed by atoms with Gasteiger partial charge < -0.3 is 0 Å². The van der Waals surface area contributed by atoms with Crippen LogP contribution in [0.15, 0.2) is 40.0 Å². The summed E-state index contributed by atoms with van der Waals surface area (Å²) < 4.78 is 82.9. The van der Waals surface area contributed by atoms with E-state index < -0.39 is 39.1 Å². The highest BCUT2D eigenvalue weighted by Crippen LogP contribution is 2.50. The van der Waals surface area contributed by atoms with Crippen LogP contribution in [0.2, 0.25) is 0 Å². The molecule has 0 unspecified atom stereocenters. The van der Waals surface area contributed by atoms with Gasteiger partial charge in [0, 0.05) is 7.05 Å². The van der Waals surface area contributed by atoms with Gasteiger partial charge in [0.1, 0.15) is 4.90 Å². The predicted molar refractivity (Wildman–Crippen MR) is 83.4 cm³/mol. The highest BCUT2D eigenvalue weighted by molar-refractivity contribution is 8.00. The zero-order chi connectivity index (χ0) is 19.9. The molecule has 0 aliphatic heterocycles. The van der Waals surface area contributed by atoms with Crippen LogP contribution in [0.5, 0.6) is 0 Å². The van der Waals surface area contributed by atoms with Crippen LogP contribution in [0.3, 0.4) is 0 Å². The van der Waals surface area contributed by atoms with E-state index in [0.717, 1.165) is 4.68 Å². The number of ether oxygens (including phenoxy) is 1. The molecule has 0 amide bonds. The van der Waals surface area contributed by atoms with Crippen LogP contribution in [0.25, 0.3) is 5.69 Å². The quantitative estimate of drug-likeness (QED) is 0.404. The van der Waals surface area contributed by atoms with Crippen molar-refractivity contribution in [3.8, 4) is 5.69 Å². The standard InChI is InChI=1S/C14H11ClF6N2O2S/c1-8-10(26-13(17,18)12(15,16)25-14(19,20)21)11(24)23(22(8)2)9-6-4-3-5-7-9/h3-7H,1-2H3/t12-/m1/s1. The second-order valence-electron chi connectivity index (χ2n) is 5.07. The summed E-state index contributed by atoms with van der Waals surface area (Å²) >= 11 is 3.89. The van der Waals surface area contributed by atoms with Gasteiger partial charge in [-0.3, -0.25) is 9.48 Å². The Kier molecular flexibility index (Phi) is 5.46. The van der Waals surface area contributed by atoms with Crippen LogP contribution < -0.4 is 5.56 Å². The monoisotopic (exact) mass is 420 g/mol. The molecule has 0 fully saturated rings. The number of hydrogen-bond donors (Lipinski definition) is 0. The molecule has 26 heavy (non-hydrogen) atoms. The zero-order valence-corrected chi connectivity index (χ0v) is 14.7. The number of para-hydroxylation sites is 1. The Labute approximate surface area is 152 Å². The van der Waals surface area contributed by atoms with E-state index in [9.17, 15) is 31.1 Å². The summed E-state index contributed by atoms with van der Waals surface area (Å²) in [5.41, 5.74) is -0.675. The third-order valence-corrected chi connectivity index (χ3v) is 4.93. The molecule has 144 valence electrons. The van der Waals surface area contributed by atoms with E-state index >= 15 is 0 Å².